The van der Waals surface area contributed by atoms with Crippen LogP contribution >= 0.6 is 0 Å². The van der Waals surface area contributed by atoms with Crippen molar-refractivity contribution in [2.24, 2.45) is 0 Å². The number of para-hydroxylation sites is 1. The van der Waals surface area contributed by atoms with Crippen LogP contribution in [0.4, 0.5) is 0 Å². The summed E-state index contributed by atoms with van der Waals surface area (Å²) in [5.41, 5.74) is 11.0. The van der Waals surface area contributed by atoms with Crippen LogP contribution in [0.1, 0.15) is 36.8 Å². The lowest BCUT2D eigenvalue weighted by atomic mass is 9.96. The van der Waals surface area contributed by atoms with E-state index in [1.165, 1.54) is 70.9 Å². The molecule has 0 aliphatic heterocycles. The number of rotatable bonds is 10. The van der Waals surface area contributed by atoms with Gasteiger partial charge in [0.25, 0.3) is 0 Å². The Morgan fingerprint density at radius 1 is 0.400 bits per heavy atom. The number of benzene rings is 5. The predicted octanol–water partition coefficient (Wildman–Crippen LogP) is 10.6. The van der Waals surface area contributed by atoms with Crippen LogP contribution in [0.2, 0.25) is 0 Å². The monoisotopic (exact) mass is 517 g/mol. The summed E-state index contributed by atoms with van der Waals surface area (Å²) in [6.07, 6.45) is 7.40. The van der Waals surface area contributed by atoms with E-state index in [0.717, 1.165) is 23.2 Å². The van der Waals surface area contributed by atoms with E-state index in [4.69, 9.17) is 4.98 Å². The summed E-state index contributed by atoms with van der Waals surface area (Å²) < 4.78 is 0. The molecule has 0 amide bonds. The molecule has 5 aromatic carbocycles. The highest BCUT2D eigenvalue weighted by molar-refractivity contribution is 5.96. The highest BCUT2D eigenvalue weighted by atomic mass is 14.7. The van der Waals surface area contributed by atoms with Crippen molar-refractivity contribution >= 4 is 10.9 Å². The predicted molar refractivity (Wildman–Crippen MR) is 170 cm³/mol. The molecule has 0 N–H and O–H groups in total. The third kappa shape index (κ3) is 6.21. The molecule has 0 saturated heterocycles. The number of pyridine rings is 1. The van der Waals surface area contributed by atoms with Crippen molar-refractivity contribution in [2.75, 3.05) is 0 Å². The maximum atomic E-state index is 5.07. The second-order valence-corrected chi connectivity index (χ2v) is 10.6. The van der Waals surface area contributed by atoms with Gasteiger partial charge in [-0.15, -0.1) is 0 Å². The first-order valence-electron chi connectivity index (χ1n) is 14.5. The largest absolute Gasteiger partial charge is 0.248 e. The van der Waals surface area contributed by atoms with Crippen molar-refractivity contribution in [1.29, 1.82) is 0 Å². The summed E-state index contributed by atoms with van der Waals surface area (Å²) >= 11 is 0. The average molecular weight is 518 g/mol. The highest BCUT2D eigenvalue weighted by Crippen LogP contribution is 2.33. The van der Waals surface area contributed by atoms with Crippen LogP contribution < -0.4 is 0 Å². The fourth-order valence-electron chi connectivity index (χ4n) is 5.60. The SMILES string of the molecule is c1ccc(CCCCCCc2cccc(-c3cccc(-c4cc(-c5ccccc5)c5ccccc5n4)c3)c2)cc1. The van der Waals surface area contributed by atoms with E-state index in [-0.39, 0.29) is 0 Å². The Kier molecular flexibility index (Phi) is 8.10. The smallest absolute Gasteiger partial charge is 0.0716 e. The van der Waals surface area contributed by atoms with E-state index in [2.05, 4.69) is 140 Å². The van der Waals surface area contributed by atoms with Crippen molar-refractivity contribution < 1.29 is 0 Å². The molecule has 0 radical (unpaired) electrons. The number of fused-ring (bicyclic) bond motifs is 1. The Labute approximate surface area is 238 Å². The summed E-state index contributed by atoms with van der Waals surface area (Å²) in [7, 11) is 0. The molecule has 6 aromatic rings. The standard InChI is InChI=1S/C39H35N/c1(5-15-30-16-7-3-8-17-30)2-6-18-31-19-13-22-33(27-31)34-23-14-24-35(28-34)39-29-37(32-20-9-4-10-21-32)36-25-11-12-26-38(36)40-39/h3-4,7-14,16-17,19-29H,1-2,5-6,15,18H2. The van der Waals surface area contributed by atoms with Crippen molar-refractivity contribution in [2.45, 2.75) is 38.5 Å². The fourth-order valence-corrected chi connectivity index (χ4v) is 5.60. The first-order chi connectivity index (χ1) is 19.8. The molecule has 0 aliphatic carbocycles. The molecule has 0 bridgehead atoms. The molecule has 6 rings (SSSR count). The quantitative estimate of drug-likeness (QED) is 0.165. The van der Waals surface area contributed by atoms with E-state index in [1.54, 1.807) is 0 Å². The van der Waals surface area contributed by atoms with E-state index >= 15 is 0 Å². The lowest BCUT2D eigenvalue weighted by Gasteiger charge is -2.12. The van der Waals surface area contributed by atoms with Crippen LogP contribution in [0, 0.1) is 0 Å². The molecule has 0 spiro atoms. The van der Waals surface area contributed by atoms with Crippen molar-refractivity contribution in [1.82, 2.24) is 4.98 Å². The molecule has 40 heavy (non-hydrogen) atoms. The zero-order chi connectivity index (χ0) is 27.0. The Hall–Kier alpha value is -4.49. The lowest BCUT2D eigenvalue weighted by Crippen LogP contribution is -1.91. The Bertz CT molecular complexity index is 1690. The van der Waals surface area contributed by atoms with Gasteiger partial charge in [0, 0.05) is 10.9 Å². The molecule has 0 saturated carbocycles. The third-order valence-corrected chi connectivity index (χ3v) is 7.74. The minimum Gasteiger partial charge on any atom is -0.248 e. The van der Waals surface area contributed by atoms with Gasteiger partial charge in [0.1, 0.15) is 0 Å². The van der Waals surface area contributed by atoms with Gasteiger partial charge in [0.15, 0.2) is 0 Å². The zero-order valence-electron chi connectivity index (χ0n) is 23.0. The summed E-state index contributed by atoms with van der Waals surface area (Å²) in [4.78, 5) is 5.07. The van der Waals surface area contributed by atoms with Gasteiger partial charge >= 0.3 is 0 Å². The minimum absolute atomic E-state index is 1.01. The van der Waals surface area contributed by atoms with Crippen LogP contribution in [0.5, 0.6) is 0 Å². The molecule has 0 atom stereocenters. The molecule has 0 unspecified atom stereocenters. The summed E-state index contributed by atoms with van der Waals surface area (Å²) in [5, 5.41) is 1.18. The van der Waals surface area contributed by atoms with Crippen LogP contribution in [0.25, 0.3) is 44.4 Å². The van der Waals surface area contributed by atoms with Crippen molar-refractivity contribution in [3.05, 3.63) is 151 Å². The van der Waals surface area contributed by atoms with Gasteiger partial charge in [-0.2, -0.15) is 0 Å². The van der Waals surface area contributed by atoms with Crippen molar-refractivity contribution in [3.8, 4) is 33.5 Å². The number of unbranched alkanes of at least 4 members (excludes halogenated alkanes) is 3. The second-order valence-electron chi connectivity index (χ2n) is 10.6. The van der Waals surface area contributed by atoms with Gasteiger partial charge < -0.3 is 0 Å². The first-order valence-corrected chi connectivity index (χ1v) is 14.5. The summed E-state index contributed by atoms with van der Waals surface area (Å²) in [5.74, 6) is 0. The molecule has 196 valence electrons. The molecule has 1 heterocycles. The number of hydrogen-bond donors (Lipinski definition) is 0. The molecular formula is C39H35N. The topological polar surface area (TPSA) is 12.9 Å². The maximum Gasteiger partial charge on any atom is 0.0716 e. The van der Waals surface area contributed by atoms with E-state index in [1.807, 2.05) is 0 Å². The number of nitrogens with zero attached hydrogens (tertiary/aromatic N) is 1. The normalized spacial score (nSPS) is 11.1. The summed E-state index contributed by atoms with van der Waals surface area (Å²) in [6.45, 7) is 0. The molecule has 1 heteroatoms. The van der Waals surface area contributed by atoms with Gasteiger partial charge in [-0.3, -0.25) is 0 Å². The lowest BCUT2D eigenvalue weighted by molar-refractivity contribution is 0.640. The Morgan fingerprint density at radius 3 is 1.77 bits per heavy atom. The number of aryl methyl sites for hydroxylation is 2. The van der Waals surface area contributed by atoms with E-state index in [9.17, 15) is 0 Å². The maximum absolute atomic E-state index is 5.07. The van der Waals surface area contributed by atoms with Crippen LogP contribution in [0.15, 0.2) is 140 Å². The van der Waals surface area contributed by atoms with Gasteiger partial charge in [0.2, 0.25) is 0 Å². The fraction of sp³-hybridized carbons (Fsp3) is 0.154. The number of hydrogen-bond acceptors (Lipinski definition) is 1. The van der Waals surface area contributed by atoms with E-state index < -0.39 is 0 Å². The number of aromatic nitrogens is 1. The van der Waals surface area contributed by atoms with Gasteiger partial charge in [-0.25, -0.2) is 4.98 Å². The average Bonchev–Trinajstić information content (AvgIpc) is 3.03. The van der Waals surface area contributed by atoms with Crippen LogP contribution in [-0.4, -0.2) is 4.98 Å². The molecular weight excluding hydrogens is 482 g/mol. The van der Waals surface area contributed by atoms with Crippen molar-refractivity contribution in [3.63, 3.8) is 0 Å². The van der Waals surface area contributed by atoms with E-state index in [0.29, 0.717) is 0 Å². The van der Waals surface area contributed by atoms with Gasteiger partial charge in [-0.05, 0) is 77.3 Å². The first kappa shape index (κ1) is 25.8. The van der Waals surface area contributed by atoms with Crippen LogP contribution in [0.3, 0.4) is 0 Å². The molecule has 1 nitrogen and oxygen atoms in total. The third-order valence-electron chi connectivity index (χ3n) is 7.74. The van der Waals surface area contributed by atoms with Gasteiger partial charge in [0.05, 0.1) is 11.2 Å². The van der Waals surface area contributed by atoms with Crippen LogP contribution in [-0.2, 0) is 12.8 Å². The highest BCUT2D eigenvalue weighted by Gasteiger charge is 2.10. The minimum atomic E-state index is 1.01. The molecule has 0 aliphatic rings. The van der Waals surface area contributed by atoms with Gasteiger partial charge in [-0.1, -0.05) is 134 Å². The zero-order valence-corrected chi connectivity index (χ0v) is 23.0. The summed E-state index contributed by atoms with van der Waals surface area (Å²) in [6, 6.07) is 50.0. The molecule has 0 fully saturated rings. The Balaban J connectivity index is 1.17. The molecule has 1 aromatic heterocycles. The Morgan fingerprint density at radius 2 is 0.975 bits per heavy atom. The second kappa shape index (κ2) is 12.6.